The summed E-state index contributed by atoms with van der Waals surface area (Å²) >= 11 is 0. The van der Waals surface area contributed by atoms with Gasteiger partial charge in [0.1, 0.15) is 11.6 Å². The molecule has 0 aliphatic heterocycles. The number of hydrogen-bond acceptors (Lipinski definition) is 9. The fraction of sp³-hybridized carbons (Fsp3) is 0.250. The molecule has 3 heterocycles. The van der Waals surface area contributed by atoms with Gasteiger partial charge in [0.05, 0.1) is 11.1 Å². The Morgan fingerprint density at radius 3 is 2.22 bits per heavy atom. The molecule has 0 aliphatic rings. The van der Waals surface area contributed by atoms with Gasteiger partial charge in [-0.3, -0.25) is 4.98 Å². The Morgan fingerprint density at radius 1 is 1.06 bits per heavy atom. The van der Waals surface area contributed by atoms with Crippen LogP contribution in [0.25, 0.3) is 5.65 Å². The summed E-state index contributed by atoms with van der Waals surface area (Å²) in [6.45, 7) is 3.71. The van der Waals surface area contributed by atoms with Crippen LogP contribution in [0.4, 0.5) is 23.0 Å². The van der Waals surface area contributed by atoms with Crippen molar-refractivity contribution in [3.8, 4) is 0 Å². The Labute approximate surface area is 210 Å². The van der Waals surface area contributed by atoms with E-state index < -0.39 is 16.5 Å². The summed E-state index contributed by atoms with van der Waals surface area (Å²) in [6, 6.07) is 12.4. The summed E-state index contributed by atoms with van der Waals surface area (Å²) in [5, 5.41) is 16.2. The zero-order chi connectivity index (χ0) is 26.5. The van der Waals surface area contributed by atoms with Crippen LogP contribution in [0.15, 0.2) is 66.0 Å². The highest BCUT2D eigenvalue weighted by atomic mass is 32.2. The molecule has 12 heteroatoms. The average Bonchev–Trinajstić information content (AvgIpc) is 3.29. The van der Waals surface area contributed by atoms with E-state index in [0.717, 1.165) is 28.4 Å². The third-order valence-electron chi connectivity index (χ3n) is 5.41. The van der Waals surface area contributed by atoms with E-state index in [0.29, 0.717) is 5.82 Å². The first-order chi connectivity index (χ1) is 17.1. The summed E-state index contributed by atoms with van der Waals surface area (Å²) in [6.07, 6.45) is 5.32. The zero-order valence-electron chi connectivity index (χ0n) is 20.7. The number of carboxylic acid groups (broad SMARTS) is 1. The van der Waals surface area contributed by atoms with Crippen molar-refractivity contribution in [3.05, 3.63) is 66.6 Å². The molecule has 1 N–H and O–H groups in total. The number of nitrogens with zero attached hydrogens (tertiary/aromatic N) is 6. The van der Waals surface area contributed by atoms with Crippen molar-refractivity contribution in [3.63, 3.8) is 0 Å². The molecular weight excluding hydrogens is 482 g/mol. The number of nitrogens with one attached hydrogen (secondary N) is 1. The van der Waals surface area contributed by atoms with Crippen LogP contribution < -0.4 is 15.3 Å². The van der Waals surface area contributed by atoms with Crippen LogP contribution in [0.1, 0.15) is 25.3 Å². The van der Waals surface area contributed by atoms with E-state index in [1.807, 2.05) is 36.3 Å². The van der Waals surface area contributed by atoms with E-state index in [1.165, 1.54) is 18.4 Å². The van der Waals surface area contributed by atoms with Crippen molar-refractivity contribution in [2.75, 3.05) is 31.4 Å². The average molecular weight is 511 g/mol. The third kappa shape index (κ3) is 5.61. The molecule has 11 nitrogen and oxygen atoms in total. The van der Waals surface area contributed by atoms with Crippen LogP contribution in [0.3, 0.4) is 0 Å². The van der Waals surface area contributed by atoms with E-state index in [-0.39, 0.29) is 10.8 Å². The largest absolute Gasteiger partial charge is 0.554 e. The molecule has 1 aromatic carbocycles. The maximum Gasteiger partial charge on any atom is 0.242 e. The lowest BCUT2D eigenvalue weighted by Gasteiger charge is -2.20. The number of sulfonamides is 1. The molecular formula is C24H28N7O4S-. The van der Waals surface area contributed by atoms with Crippen molar-refractivity contribution < 1.29 is 18.3 Å². The van der Waals surface area contributed by atoms with Gasteiger partial charge in [0.25, 0.3) is 0 Å². The van der Waals surface area contributed by atoms with Crippen LogP contribution in [0.5, 0.6) is 0 Å². The summed E-state index contributed by atoms with van der Waals surface area (Å²) < 4.78 is 27.7. The van der Waals surface area contributed by atoms with Crippen molar-refractivity contribution in [2.45, 2.75) is 24.7 Å². The molecule has 0 aliphatic carbocycles. The first-order valence-electron chi connectivity index (χ1n) is 11.0. The number of rotatable bonds is 7. The van der Waals surface area contributed by atoms with Gasteiger partial charge < -0.3 is 20.1 Å². The quantitative estimate of drug-likeness (QED) is 0.372. The summed E-state index contributed by atoms with van der Waals surface area (Å²) in [5.41, 5.74) is 3.49. The second-order valence-electron chi connectivity index (χ2n) is 8.29. The molecule has 190 valence electrons. The molecule has 0 saturated carbocycles. The lowest BCUT2D eigenvalue weighted by Crippen LogP contribution is -2.22. The predicted octanol–water partition coefficient (Wildman–Crippen LogP) is 2.38. The smallest absolute Gasteiger partial charge is 0.242 e. The number of anilines is 4. The molecule has 0 spiro atoms. The highest BCUT2D eigenvalue weighted by Gasteiger charge is 2.18. The summed E-state index contributed by atoms with van der Waals surface area (Å²) in [7, 11) is 1.49. The monoisotopic (exact) mass is 510 g/mol. The van der Waals surface area contributed by atoms with Crippen LogP contribution in [0.2, 0.25) is 0 Å². The number of benzene rings is 1. The SMILES string of the molecule is CC(C)c1cnn2c(Nc3ccc(S(=O)(=O)N(C)C)cc3)cc(N(C)c3ccncc3)nc12.O=C[O-]. The molecule has 0 amide bonds. The third-order valence-corrected chi connectivity index (χ3v) is 7.24. The second kappa shape index (κ2) is 11.1. The predicted molar refractivity (Wildman–Crippen MR) is 136 cm³/mol. The standard InChI is InChI=1S/C23H27N7O2S.CH2O2/c1-16(2)20-15-25-30-22(26-17-6-8-19(9-7-17)33(31,32)28(3)4)14-21(27-23(20)30)29(5)18-10-12-24-13-11-18;2-1-3/h6-16,26H,1-5H3;1H,(H,2,3)/p-1. The van der Waals surface area contributed by atoms with Crippen LogP contribution in [-0.2, 0) is 14.8 Å². The molecule has 3 aromatic heterocycles. The second-order valence-corrected chi connectivity index (χ2v) is 10.4. The minimum absolute atomic E-state index is 0.234. The maximum absolute atomic E-state index is 12.4. The first kappa shape index (κ1) is 26.6. The van der Waals surface area contributed by atoms with Gasteiger partial charge in [-0.1, -0.05) is 13.8 Å². The topological polar surface area (TPSA) is 136 Å². The molecule has 4 aromatic rings. The highest BCUT2D eigenvalue weighted by Crippen LogP contribution is 2.30. The number of pyridine rings is 1. The van der Waals surface area contributed by atoms with Crippen LogP contribution in [0, 0.1) is 0 Å². The molecule has 36 heavy (non-hydrogen) atoms. The fourth-order valence-electron chi connectivity index (χ4n) is 3.40. The van der Waals surface area contributed by atoms with Gasteiger partial charge in [-0.05, 0) is 42.3 Å². The lowest BCUT2D eigenvalue weighted by atomic mass is 10.1. The van der Waals surface area contributed by atoms with Gasteiger partial charge in [0.15, 0.2) is 5.65 Å². The number of aromatic nitrogens is 4. The van der Waals surface area contributed by atoms with Crippen molar-refractivity contribution >= 4 is 45.2 Å². The number of fused-ring (bicyclic) bond motifs is 1. The molecule has 0 saturated heterocycles. The fourth-order valence-corrected chi connectivity index (χ4v) is 4.31. The van der Waals surface area contributed by atoms with E-state index in [9.17, 15) is 8.42 Å². The van der Waals surface area contributed by atoms with Crippen molar-refractivity contribution in [2.24, 2.45) is 0 Å². The first-order valence-corrected chi connectivity index (χ1v) is 12.4. The minimum Gasteiger partial charge on any atom is -0.554 e. The summed E-state index contributed by atoms with van der Waals surface area (Å²) in [4.78, 5) is 19.4. The van der Waals surface area contributed by atoms with E-state index in [1.54, 1.807) is 41.2 Å². The lowest BCUT2D eigenvalue weighted by molar-refractivity contribution is -0.283. The molecule has 0 bridgehead atoms. The zero-order valence-corrected chi connectivity index (χ0v) is 21.5. The Hall–Kier alpha value is -4.03. The van der Waals surface area contributed by atoms with Gasteiger partial charge in [-0.15, -0.1) is 0 Å². The maximum atomic E-state index is 12.4. The highest BCUT2D eigenvalue weighted by molar-refractivity contribution is 7.89. The Kier molecular flexibility index (Phi) is 8.22. The van der Waals surface area contributed by atoms with Gasteiger partial charge in [-0.2, -0.15) is 9.61 Å². The molecule has 4 rings (SSSR count). The van der Waals surface area contributed by atoms with Crippen molar-refractivity contribution in [1.82, 2.24) is 23.9 Å². The van der Waals surface area contributed by atoms with Crippen molar-refractivity contribution in [1.29, 1.82) is 0 Å². The Morgan fingerprint density at radius 2 is 1.67 bits per heavy atom. The molecule has 0 fully saturated rings. The van der Waals surface area contributed by atoms with Crippen LogP contribution >= 0.6 is 0 Å². The molecule has 0 radical (unpaired) electrons. The van der Waals surface area contributed by atoms with E-state index >= 15 is 0 Å². The van der Waals surface area contributed by atoms with Gasteiger partial charge in [0.2, 0.25) is 10.0 Å². The number of carbonyl (C=O) groups excluding carboxylic acids is 1. The summed E-state index contributed by atoms with van der Waals surface area (Å²) in [5.74, 6) is 1.70. The van der Waals surface area contributed by atoms with Gasteiger partial charge in [0, 0.05) is 63.0 Å². The Balaban J connectivity index is 0.00000115. The number of hydrogen-bond donors (Lipinski definition) is 1. The van der Waals surface area contributed by atoms with Gasteiger partial charge >= 0.3 is 0 Å². The van der Waals surface area contributed by atoms with E-state index in [2.05, 4.69) is 29.2 Å². The molecule has 0 unspecified atom stereocenters. The number of carbonyl (C=O) groups is 1. The minimum atomic E-state index is -3.49. The van der Waals surface area contributed by atoms with Gasteiger partial charge in [-0.25, -0.2) is 17.7 Å². The van der Waals surface area contributed by atoms with Crippen LogP contribution in [-0.4, -0.2) is 59.9 Å². The van der Waals surface area contributed by atoms with E-state index in [4.69, 9.17) is 14.9 Å². The normalized spacial score (nSPS) is 11.3. The molecule has 0 atom stereocenters. The Bertz CT molecular complexity index is 1420.